The summed E-state index contributed by atoms with van der Waals surface area (Å²) in [5.74, 6) is 0.636. The van der Waals surface area contributed by atoms with Crippen molar-refractivity contribution in [3.8, 4) is 11.5 Å². The van der Waals surface area contributed by atoms with E-state index in [4.69, 9.17) is 4.52 Å². The van der Waals surface area contributed by atoms with Crippen LogP contribution in [-0.4, -0.2) is 44.1 Å². The van der Waals surface area contributed by atoms with Gasteiger partial charge in [0.25, 0.3) is 0 Å². The van der Waals surface area contributed by atoms with Gasteiger partial charge in [-0.1, -0.05) is 17.3 Å². The van der Waals surface area contributed by atoms with Gasteiger partial charge in [-0.05, 0) is 30.9 Å². The van der Waals surface area contributed by atoms with E-state index in [1.54, 1.807) is 41.7 Å². The Kier molecular flexibility index (Phi) is 5.22. The van der Waals surface area contributed by atoms with Gasteiger partial charge in [-0.25, -0.2) is 14.2 Å². The minimum atomic E-state index is -0.452. The number of carbonyl (C=O) groups is 1. The number of rotatable bonds is 4. The summed E-state index contributed by atoms with van der Waals surface area (Å²) in [6, 6.07) is 5.82. The van der Waals surface area contributed by atoms with Crippen LogP contribution in [0.4, 0.5) is 14.9 Å². The number of benzene rings is 1. The molecule has 1 saturated heterocycles. The van der Waals surface area contributed by atoms with Crippen LogP contribution < -0.4 is 5.32 Å². The standard InChI is InChI=1S/C19H19FN6O2/c20-14-5-1-2-6-15(14)23-19(27)26-9-3-4-13(12-26)10-17-24-18(25-28-17)16-11-21-7-8-22-16/h1-2,5-8,11,13H,3-4,9-10,12H2,(H,23,27)/t13-/m1/s1. The molecule has 144 valence electrons. The van der Waals surface area contributed by atoms with Crippen molar-refractivity contribution < 1.29 is 13.7 Å². The molecule has 1 aromatic carbocycles. The van der Waals surface area contributed by atoms with Crippen molar-refractivity contribution in [3.05, 3.63) is 54.6 Å². The number of amides is 2. The number of nitrogens with zero attached hydrogens (tertiary/aromatic N) is 5. The highest BCUT2D eigenvalue weighted by Crippen LogP contribution is 2.22. The third-order valence-corrected chi connectivity index (χ3v) is 4.65. The van der Waals surface area contributed by atoms with Gasteiger partial charge in [0.15, 0.2) is 0 Å². The molecule has 1 aliphatic rings. The summed E-state index contributed by atoms with van der Waals surface area (Å²) in [5.41, 5.74) is 0.729. The number of nitrogens with one attached hydrogen (secondary N) is 1. The van der Waals surface area contributed by atoms with Crippen LogP contribution in [0, 0.1) is 11.7 Å². The highest BCUT2D eigenvalue weighted by Gasteiger charge is 2.26. The molecule has 0 unspecified atom stereocenters. The number of likely N-dealkylation sites (tertiary alicyclic amines) is 1. The summed E-state index contributed by atoms with van der Waals surface area (Å²) in [4.78, 5) is 26.7. The maximum atomic E-state index is 13.8. The minimum Gasteiger partial charge on any atom is -0.339 e. The molecule has 8 nitrogen and oxygen atoms in total. The van der Waals surface area contributed by atoms with Crippen LogP contribution >= 0.6 is 0 Å². The third-order valence-electron chi connectivity index (χ3n) is 4.65. The number of piperidine rings is 1. The van der Waals surface area contributed by atoms with Crippen LogP contribution in [0.2, 0.25) is 0 Å². The number of halogens is 1. The first-order valence-electron chi connectivity index (χ1n) is 9.08. The van der Waals surface area contributed by atoms with E-state index in [-0.39, 0.29) is 17.6 Å². The lowest BCUT2D eigenvalue weighted by molar-refractivity contribution is 0.173. The van der Waals surface area contributed by atoms with Crippen LogP contribution in [0.25, 0.3) is 11.5 Å². The Morgan fingerprint density at radius 1 is 1.32 bits per heavy atom. The van der Waals surface area contributed by atoms with Gasteiger partial charge in [0.05, 0.1) is 11.9 Å². The SMILES string of the molecule is O=C(Nc1ccccc1F)N1CCC[C@H](Cc2nc(-c3cnccn3)no2)C1. The van der Waals surface area contributed by atoms with Gasteiger partial charge in [0, 0.05) is 31.9 Å². The second-order valence-electron chi connectivity index (χ2n) is 6.67. The molecule has 3 aromatic rings. The first-order valence-corrected chi connectivity index (χ1v) is 9.08. The molecular weight excluding hydrogens is 363 g/mol. The highest BCUT2D eigenvalue weighted by molar-refractivity contribution is 5.89. The molecule has 9 heteroatoms. The maximum absolute atomic E-state index is 13.8. The van der Waals surface area contributed by atoms with E-state index in [0.717, 1.165) is 12.8 Å². The summed E-state index contributed by atoms with van der Waals surface area (Å²) in [5, 5.41) is 6.58. The Balaban J connectivity index is 1.37. The van der Waals surface area contributed by atoms with Gasteiger partial charge in [0.1, 0.15) is 11.5 Å². The predicted molar refractivity (Wildman–Crippen MR) is 98.7 cm³/mol. The molecule has 0 aliphatic carbocycles. The molecule has 0 radical (unpaired) electrons. The first kappa shape index (κ1) is 18.0. The fraction of sp³-hybridized carbons (Fsp3) is 0.316. The number of urea groups is 1. The molecule has 0 bridgehead atoms. The van der Waals surface area contributed by atoms with E-state index >= 15 is 0 Å². The van der Waals surface area contributed by atoms with Crippen molar-refractivity contribution >= 4 is 11.7 Å². The number of hydrogen-bond donors (Lipinski definition) is 1. The lowest BCUT2D eigenvalue weighted by Gasteiger charge is -2.32. The smallest absolute Gasteiger partial charge is 0.321 e. The Labute approximate surface area is 160 Å². The van der Waals surface area contributed by atoms with Crippen molar-refractivity contribution in [2.24, 2.45) is 5.92 Å². The predicted octanol–water partition coefficient (Wildman–Crippen LogP) is 3.15. The largest absolute Gasteiger partial charge is 0.339 e. The zero-order chi connectivity index (χ0) is 19.3. The van der Waals surface area contributed by atoms with Crippen molar-refractivity contribution in [1.29, 1.82) is 0 Å². The molecule has 2 aromatic heterocycles. The van der Waals surface area contributed by atoms with Crippen molar-refractivity contribution in [2.45, 2.75) is 19.3 Å². The molecule has 1 aliphatic heterocycles. The Morgan fingerprint density at radius 3 is 3.04 bits per heavy atom. The van der Waals surface area contributed by atoms with Gasteiger partial charge in [-0.3, -0.25) is 4.98 Å². The monoisotopic (exact) mass is 382 g/mol. The normalized spacial score (nSPS) is 16.8. The number of anilines is 1. The first-order chi connectivity index (χ1) is 13.7. The maximum Gasteiger partial charge on any atom is 0.321 e. The third kappa shape index (κ3) is 4.13. The lowest BCUT2D eigenvalue weighted by Crippen LogP contribution is -2.43. The van der Waals surface area contributed by atoms with Crippen LogP contribution in [-0.2, 0) is 6.42 Å². The number of hydrogen-bond acceptors (Lipinski definition) is 6. The summed E-state index contributed by atoms with van der Waals surface area (Å²) in [6.07, 6.45) is 7.10. The molecule has 0 saturated carbocycles. The number of carbonyl (C=O) groups excluding carboxylic acids is 1. The Morgan fingerprint density at radius 2 is 2.21 bits per heavy atom. The van der Waals surface area contributed by atoms with Crippen molar-refractivity contribution in [1.82, 2.24) is 25.0 Å². The fourth-order valence-corrected chi connectivity index (χ4v) is 3.28. The molecule has 28 heavy (non-hydrogen) atoms. The van der Waals surface area contributed by atoms with E-state index in [9.17, 15) is 9.18 Å². The molecule has 2 amide bonds. The number of para-hydroxylation sites is 1. The van der Waals surface area contributed by atoms with Gasteiger partial charge in [-0.15, -0.1) is 0 Å². The quantitative estimate of drug-likeness (QED) is 0.744. The van der Waals surface area contributed by atoms with Crippen LogP contribution in [0.3, 0.4) is 0 Å². The van der Waals surface area contributed by atoms with Crippen LogP contribution in [0.1, 0.15) is 18.7 Å². The van der Waals surface area contributed by atoms with Gasteiger partial charge >= 0.3 is 6.03 Å². The molecule has 0 spiro atoms. The summed E-state index contributed by atoms with van der Waals surface area (Å²) in [7, 11) is 0. The van der Waals surface area contributed by atoms with Gasteiger partial charge in [0.2, 0.25) is 11.7 Å². The van der Waals surface area contributed by atoms with E-state index in [1.807, 2.05) is 0 Å². The average Bonchev–Trinajstić information content (AvgIpc) is 3.19. The van der Waals surface area contributed by atoms with Gasteiger partial charge < -0.3 is 14.7 Å². The summed E-state index contributed by atoms with van der Waals surface area (Å²) < 4.78 is 19.1. The molecular formula is C19H19FN6O2. The Hall–Kier alpha value is -3.36. The minimum absolute atomic E-state index is 0.181. The number of aromatic nitrogens is 4. The zero-order valence-corrected chi connectivity index (χ0v) is 15.1. The molecule has 3 heterocycles. The van der Waals surface area contributed by atoms with Crippen LogP contribution in [0.5, 0.6) is 0 Å². The van der Waals surface area contributed by atoms with Gasteiger partial charge in [-0.2, -0.15) is 4.98 Å². The molecule has 4 rings (SSSR count). The van der Waals surface area contributed by atoms with E-state index < -0.39 is 5.82 Å². The van der Waals surface area contributed by atoms with Crippen molar-refractivity contribution in [2.75, 3.05) is 18.4 Å². The van der Waals surface area contributed by atoms with Crippen LogP contribution in [0.15, 0.2) is 47.4 Å². The lowest BCUT2D eigenvalue weighted by atomic mass is 9.95. The van der Waals surface area contributed by atoms with Crippen molar-refractivity contribution in [3.63, 3.8) is 0 Å². The summed E-state index contributed by atoms with van der Waals surface area (Å²) >= 11 is 0. The zero-order valence-electron chi connectivity index (χ0n) is 15.1. The molecule has 1 N–H and O–H groups in total. The van der Waals surface area contributed by atoms with E-state index in [2.05, 4.69) is 25.4 Å². The van der Waals surface area contributed by atoms with E-state index in [1.165, 1.54) is 6.07 Å². The van der Waals surface area contributed by atoms with E-state index in [0.29, 0.717) is 36.9 Å². The fourth-order valence-electron chi connectivity index (χ4n) is 3.28. The summed E-state index contributed by atoms with van der Waals surface area (Å²) in [6.45, 7) is 1.18. The Bertz CT molecular complexity index is 948. The highest BCUT2D eigenvalue weighted by atomic mass is 19.1. The molecule has 1 fully saturated rings. The topological polar surface area (TPSA) is 97.0 Å². The second kappa shape index (κ2) is 8.12. The second-order valence-corrected chi connectivity index (χ2v) is 6.67. The molecule has 1 atom stereocenters. The average molecular weight is 382 g/mol.